The number of H-pyrrole nitrogens is 2. The smallest absolute Gasteiger partial charge is 0.357 e. The highest BCUT2D eigenvalue weighted by molar-refractivity contribution is 5.72. The molecule has 0 bridgehead atoms. The molecule has 2 N–H and O–H groups in total. The first kappa shape index (κ1) is 21.5. The summed E-state index contributed by atoms with van der Waals surface area (Å²) in [5.41, 5.74) is -2.01. The molecule has 2 aromatic carbocycles. The Morgan fingerprint density at radius 3 is 2.55 bits per heavy atom. The SMILES string of the molecule is CCOc1cc(/C=C/c2[nH]c(=O)[nH]c(=O)c2[N+](=O)[O-])ccc1OCc1ccccc1F. The maximum absolute atomic E-state index is 13.8. The van der Waals surface area contributed by atoms with Gasteiger partial charge in [0.15, 0.2) is 11.5 Å². The number of aromatic nitrogens is 2. The molecule has 10 heteroatoms. The molecule has 0 saturated carbocycles. The molecule has 0 atom stereocenters. The van der Waals surface area contributed by atoms with E-state index in [1.54, 1.807) is 43.3 Å². The normalized spacial score (nSPS) is 10.9. The van der Waals surface area contributed by atoms with Gasteiger partial charge in [-0.15, -0.1) is 0 Å². The minimum atomic E-state index is -1.10. The van der Waals surface area contributed by atoms with Gasteiger partial charge in [-0.05, 0) is 36.8 Å². The van der Waals surface area contributed by atoms with Gasteiger partial charge in [-0.3, -0.25) is 19.9 Å². The van der Waals surface area contributed by atoms with Crippen LogP contribution < -0.4 is 20.7 Å². The van der Waals surface area contributed by atoms with Crippen molar-refractivity contribution in [1.82, 2.24) is 9.97 Å². The number of nitrogens with zero attached hydrogens (tertiary/aromatic N) is 1. The fourth-order valence-electron chi connectivity index (χ4n) is 2.77. The lowest BCUT2D eigenvalue weighted by atomic mass is 10.1. The standard InChI is InChI=1S/C21H18FN3O6/c1-2-30-18-11-13(7-9-16-19(25(28)29)20(26)24-21(27)23-16)8-10-17(18)31-12-14-5-3-4-6-15(14)22/h3-11H,2,12H2,1H3,(H2,23,24,26,27)/b9-7+. The van der Waals surface area contributed by atoms with Gasteiger partial charge in [0.25, 0.3) is 0 Å². The van der Waals surface area contributed by atoms with E-state index in [1.165, 1.54) is 18.2 Å². The monoisotopic (exact) mass is 427 g/mol. The molecular formula is C21H18FN3O6. The Balaban J connectivity index is 1.88. The predicted octanol–water partition coefficient (Wildman–Crippen LogP) is 3.26. The van der Waals surface area contributed by atoms with Crippen molar-refractivity contribution >= 4 is 17.8 Å². The molecule has 0 radical (unpaired) electrons. The van der Waals surface area contributed by atoms with Crippen LogP contribution in [0, 0.1) is 15.9 Å². The van der Waals surface area contributed by atoms with Crippen LogP contribution in [0.15, 0.2) is 52.1 Å². The highest BCUT2D eigenvalue weighted by Crippen LogP contribution is 2.30. The number of aromatic amines is 2. The van der Waals surface area contributed by atoms with Crippen molar-refractivity contribution < 1.29 is 18.8 Å². The molecule has 0 unspecified atom stereocenters. The van der Waals surface area contributed by atoms with Crippen LogP contribution in [0.25, 0.3) is 12.2 Å². The Morgan fingerprint density at radius 2 is 1.84 bits per heavy atom. The van der Waals surface area contributed by atoms with Crippen molar-refractivity contribution in [3.8, 4) is 11.5 Å². The molecule has 0 amide bonds. The second kappa shape index (κ2) is 9.53. The van der Waals surface area contributed by atoms with Crippen LogP contribution in [0.1, 0.15) is 23.7 Å². The van der Waals surface area contributed by atoms with E-state index >= 15 is 0 Å². The van der Waals surface area contributed by atoms with Crippen LogP contribution in [0.5, 0.6) is 11.5 Å². The van der Waals surface area contributed by atoms with E-state index in [2.05, 4.69) is 4.98 Å². The number of rotatable bonds is 8. The topological polar surface area (TPSA) is 127 Å². The summed E-state index contributed by atoms with van der Waals surface area (Å²) >= 11 is 0. The molecule has 0 saturated heterocycles. The van der Waals surface area contributed by atoms with E-state index in [1.807, 2.05) is 4.98 Å². The molecule has 31 heavy (non-hydrogen) atoms. The van der Waals surface area contributed by atoms with Crippen molar-refractivity contribution in [2.24, 2.45) is 0 Å². The van der Waals surface area contributed by atoms with E-state index in [0.29, 0.717) is 29.2 Å². The van der Waals surface area contributed by atoms with Crippen molar-refractivity contribution in [3.63, 3.8) is 0 Å². The summed E-state index contributed by atoms with van der Waals surface area (Å²) in [5, 5.41) is 11.1. The molecule has 0 fully saturated rings. The van der Waals surface area contributed by atoms with Gasteiger partial charge in [-0.1, -0.05) is 30.3 Å². The minimum Gasteiger partial charge on any atom is -0.490 e. The number of hydrogen-bond acceptors (Lipinski definition) is 6. The summed E-state index contributed by atoms with van der Waals surface area (Å²) in [6.45, 7) is 2.13. The summed E-state index contributed by atoms with van der Waals surface area (Å²) in [6, 6.07) is 11.1. The number of nitrogens with one attached hydrogen (secondary N) is 2. The zero-order valence-electron chi connectivity index (χ0n) is 16.4. The molecule has 160 valence electrons. The highest BCUT2D eigenvalue weighted by atomic mass is 19.1. The fourth-order valence-corrected chi connectivity index (χ4v) is 2.77. The van der Waals surface area contributed by atoms with Crippen LogP contribution in [0.3, 0.4) is 0 Å². The van der Waals surface area contributed by atoms with Crippen LogP contribution >= 0.6 is 0 Å². The second-order valence-corrected chi connectivity index (χ2v) is 6.28. The fraction of sp³-hybridized carbons (Fsp3) is 0.143. The molecule has 0 spiro atoms. The zero-order valence-corrected chi connectivity index (χ0v) is 16.4. The predicted molar refractivity (Wildman–Crippen MR) is 112 cm³/mol. The van der Waals surface area contributed by atoms with Gasteiger partial charge in [0, 0.05) is 5.56 Å². The molecular weight excluding hydrogens is 409 g/mol. The van der Waals surface area contributed by atoms with Crippen LogP contribution in [-0.4, -0.2) is 21.5 Å². The van der Waals surface area contributed by atoms with E-state index in [4.69, 9.17) is 9.47 Å². The van der Waals surface area contributed by atoms with Gasteiger partial charge >= 0.3 is 16.9 Å². The van der Waals surface area contributed by atoms with E-state index in [0.717, 1.165) is 0 Å². The van der Waals surface area contributed by atoms with E-state index in [-0.39, 0.29) is 18.1 Å². The number of nitro groups is 1. The molecule has 1 aromatic heterocycles. The van der Waals surface area contributed by atoms with Crippen LogP contribution in [-0.2, 0) is 6.61 Å². The molecule has 9 nitrogen and oxygen atoms in total. The Bertz CT molecular complexity index is 1250. The number of halogens is 1. The number of benzene rings is 2. The minimum absolute atomic E-state index is 0.00214. The molecule has 0 aliphatic carbocycles. The zero-order chi connectivity index (χ0) is 22.4. The van der Waals surface area contributed by atoms with Crippen LogP contribution in [0.2, 0.25) is 0 Å². The van der Waals surface area contributed by atoms with Gasteiger partial charge in [-0.25, -0.2) is 9.18 Å². The molecule has 3 aromatic rings. The summed E-state index contributed by atoms with van der Waals surface area (Å²) in [7, 11) is 0. The Hall–Kier alpha value is -4.21. The van der Waals surface area contributed by atoms with Crippen molar-refractivity contribution in [3.05, 3.63) is 96.1 Å². The second-order valence-electron chi connectivity index (χ2n) is 6.28. The maximum Gasteiger partial charge on any atom is 0.357 e. The average Bonchev–Trinajstić information content (AvgIpc) is 2.72. The number of ether oxygens (including phenoxy) is 2. The Labute approximate surface area is 174 Å². The quantitative estimate of drug-likeness (QED) is 0.420. The Kier molecular flexibility index (Phi) is 6.61. The van der Waals surface area contributed by atoms with Gasteiger partial charge in [0.05, 0.1) is 11.5 Å². The van der Waals surface area contributed by atoms with Gasteiger partial charge < -0.3 is 14.5 Å². The van der Waals surface area contributed by atoms with Crippen molar-refractivity contribution in [2.75, 3.05) is 6.61 Å². The van der Waals surface area contributed by atoms with Crippen LogP contribution in [0.4, 0.5) is 10.1 Å². The summed E-state index contributed by atoms with van der Waals surface area (Å²) in [5.74, 6) is 0.390. The first-order valence-corrected chi connectivity index (χ1v) is 9.21. The first-order valence-electron chi connectivity index (χ1n) is 9.21. The summed E-state index contributed by atoms with van der Waals surface area (Å²) in [6.07, 6.45) is 2.72. The molecule has 3 rings (SSSR count). The molecule has 0 aliphatic rings. The van der Waals surface area contributed by atoms with Gasteiger partial charge in [-0.2, -0.15) is 0 Å². The lowest BCUT2D eigenvalue weighted by molar-refractivity contribution is -0.386. The maximum atomic E-state index is 13.8. The summed E-state index contributed by atoms with van der Waals surface area (Å²) in [4.78, 5) is 37.5. The van der Waals surface area contributed by atoms with Gasteiger partial charge in [0.1, 0.15) is 18.1 Å². The van der Waals surface area contributed by atoms with E-state index in [9.17, 15) is 24.1 Å². The first-order chi connectivity index (χ1) is 14.9. The summed E-state index contributed by atoms with van der Waals surface area (Å²) < 4.78 is 25.1. The average molecular weight is 427 g/mol. The Morgan fingerprint density at radius 1 is 1.06 bits per heavy atom. The molecule has 1 heterocycles. The third kappa shape index (κ3) is 5.24. The van der Waals surface area contributed by atoms with E-state index < -0.39 is 21.9 Å². The van der Waals surface area contributed by atoms with Gasteiger partial charge in [0.2, 0.25) is 0 Å². The van der Waals surface area contributed by atoms with Crippen molar-refractivity contribution in [2.45, 2.75) is 13.5 Å². The number of hydrogen-bond donors (Lipinski definition) is 2. The highest BCUT2D eigenvalue weighted by Gasteiger charge is 2.18. The third-order valence-corrected chi connectivity index (χ3v) is 4.18. The lowest BCUT2D eigenvalue weighted by Crippen LogP contribution is -2.25. The largest absolute Gasteiger partial charge is 0.490 e. The third-order valence-electron chi connectivity index (χ3n) is 4.18. The van der Waals surface area contributed by atoms with Crippen molar-refractivity contribution in [1.29, 1.82) is 0 Å². The molecule has 0 aliphatic heterocycles. The lowest BCUT2D eigenvalue weighted by Gasteiger charge is -2.13.